The molecule has 3 aliphatic carbocycles. The summed E-state index contributed by atoms with van der Waals surface area (Å²) in [6.45, 7) is 14.1. The van der Waals surface area contributed by atoms with Gasteiger partial charge >= 0.3 is 5.97 Å². The number of benzene rings is 1. The van der Waals surface area contributed by atoms with Crippen LogP contribution in [0.4, 0.5) is 0 Å². The van der Waals surface area contributed by atoms with Gasteiger partial charge in [0.25, 0.3) is 0 Å². The zero-order valence-electron chi connectivity index (χ0n) is 26.1. The highest BCUT2D eigenvalue weighted by Crippen LogP contribution is 2.67. The van der Waals surface area contributed by atoms with E-state index in [0.717, 1.165) is 37.7 Å². The fourth-order valence-corrected chi connectivity index (χ4v) is 9.72. The smallest absolute Gasteiger partial charge is 0.339 e. The second-order valence-electron chi connectivity index (χ2n) is 15.2. The Morgan fingerprint density at radius 1 is 1.10 bits per heavy atom. The molecule has 0 amide bonds. The Bertz CT molecular complexity index is 1310. The second kappa shape index (κ2) is 9.47. The molecule has 7 atom stereocenters. The van der Waals surface area contributed by atoms with Crippen LogP contribution in [0, 0.1) is 11.3 Å². The van der Waals surface area contributed by atoms with Crippen molar-refractivity contribution in [2.24, 2.45) is 11.3 Å². The van der Waals surface area contributed by atoms with E-state index in [4.69, 9.17) is 13.9 Å². The molecule has 0 N–H and O–H groups in total. The minimum Gasteiger partial charge on any atom is -0.446 e. The number of carbonyl (C=O) groups excluding carboxylic acids is 2. The van der Waals surface area contributed by atoms with E-state index in [9.17, 15) is 9.59 Å². The van der Waals surface area contributed by atoms with Gasteiger partial charge in [0, 0.05) is 23.3 Å². The van der Waals surface area contributed by atoms with Crippen LogP contribution in [0.2, 0.25) is 18.1 Å². The Morgan fingerprint density at radius 2 is 1.80 bits per heavy atom. The minimum absolute atomic E-state index is 0.000502. The minimum atomic E-state index is -1.94. The topological polar surface area (TPSA) is 65.1 Å². The standard InChI is InChI=1S/C34H47NO5Si/c1-31(2,3)41(7,8)39-27-15-14-26-32(27,4)17-16-23-20-24-29(38-30(37)22-12-10-9-11-13-22)28(36)25(35(5)6)21-33(24)18-19-34(23,26)40-33/h9-13,16,20,25-27,29H,14-15,17-19,21H2,1-8H3/t25-,26+,27-,29+,32-,33+,34+/m0/s1. The van der Waals surface area contributed by atoms with Crippen LogP contribution >= 0.6 is 0 Å². The van der Waals surface area contributed by atoms with Crippen molar-refractivity contribution >= 4 is 20.1 Å². The van der Waals surface area contributed by atoms with Gasteiger partial charge < -0.3 is 13.9 Å². The molecule has 0 unspecified atom stereocenters. The van der Waals surface area contributed by atoms with Crippen LogP contribution in [0.3, 0.4) is 0 Å². The van der Waals surface area contributed by atoms with E-state index in [2.05, 4.69) is 52.9 Å². The predicted octanol–water partition coefficient (Wildman–Crippen LogP) is 6.48. The van der Waals surface area contributed by atoms with Gasteiger partial charge in [-0.3, -0.25) is 9.69 Å². The summed E-state index contributed by atoms with van der Waals surface area (Å²) in [4.78, 5) is 29.0. The lowest BCUT2D eigenvalue weighted by molar-refractivity contribution is -0.163. The second-order valence-corrected chi connectivity index (χ2v) is 19.9. The van der Waals surface area contributed by atoms with Gasteiger partial charge in [0.2, 0.25) is 0 Å². The van der Waals surface area contributed by atoms with Crippen molar-refractivity contribution in [2.45, 2.75) is 114 Å². The number of nitrogens with zero attached hydrogens (tertiary/aromatic N) is 1. The van der Waals surface area contributed by atoms with Gasteiger partial charge in [-0.05, 0) is 82.0 Å². The number of Topliss-reactive ketones (excluding diaryl/α,β-unsaturated/α-hetero) is 1. The molecule has 3 fully saturated rings. The molecule has 0 aromatic heterocycles. The number of carbonyl (C=O) groups is 2. The monoisotopic (exact) mass is 577 g/mol. The molecule has 2 saturated carbocycles. The molecule has 2 heterocycles. The Balaban J connectivity index is 1.38. The van der Waals surface area contributed by atoms with Gasteiger partial charge in [0.15, 0.2) is 20.2 Å². The molecule has 6 rings (SSSR count). The molecular weight excluding hydrogens is 530 g/mol. The Hall–Kier alpha value is -2.06. The maximum absolute atomic E-state index is 13.9. The number of ketones is 1. The molecule has 5 aliphatic rings. The van der Waals surface area contributed by atoms with Gasteiger partial charge in [-0.1, -0.05) is 58.0 Å². The van der Waals surface area contributed by atoms with Crippen LogP contribution < -0.4 is 0 Å². The van der Waals surface area contributed by atoms with E-state index in [0.29, 0.717) is 17.9 Å². The van der Waals surface area contributed by atoms with E-state index < -0.39 is 26.0 Å². The lowest BCUT2D eigenvalue weighted by Gasteiger charge is -2.55. The number of hydrogen-bond acceptors (Lipinski definition) is 6. The molecular formula is C34H47NO5Si. The van der Waals surface area contributed by atoms with E-state index in [1.54, 1.807) is 12.1 Å². The summed E-state index contributed by atoms with van der Waals surface area (Å²) in [5.74, 6) is -0.187. The average molecular weight is 578 g/mol. The third-order valence-corrected chi connectivity index (χ3v) is 16.2. The van der Waals surface area contributed by atoms with Crippen LogP contribution in [0.5, 0.6) is 0 Å². The lowest BCUT2D eigenvalue weighted by atomic mass is 9.60. The molecule has 2 aliphatic heterocycles. The van der Waals surface area contributed by atoms with Crippen molar-refractivity contribution in [1.29, 1.82) is 0 Å². The largest absolute Gasteiger partial charge is 0.446 e. The summed E-state index contributed by atoms with van der Waals surface area (Å²) in [6.07, 6.45) is 9.21. The van der Waals surface area contributed by atoms with Crippen molar-refractivity contribution in [2.75, 3.05) is 14.1 Å². The van der Waals surface area contributed by atoms with Crippen molar-refractivity contribution in [3.05, 3.63) is 59.2 Å². The molecule has 41 heavy (non-hydrogen) atoms. The van der Waals surface area contributed by atoms with E-state index in [1.165, 1.54) is 5.57 Å². The van der Waals surface area contributed by atoms with Crippen LogP contribution in [-0.2, 0) is 18.7 Å². The summed E-state index contributed by atoms with van der Waals surface area (Å²) >= 11 is 0. The van der Waals surface area contributed by atoms with Gasteiger partial charge in [-0.25, -0.2) is 4.79 Å². The van der Waals surface area contributed by atoms with Crippen molar-refractivity contribution < 1.29 is 23.5 Å². The van der Waals surface area contributed by atoms with Gasteiger partial charge in [0.1, 0.15) is 0 Å². The third-order valence-electron chi connectivity index (χ3n) is 11.7. The summed E-state index contributed by atoms with van der Waals surface area (Å²) < 4.78 is 20.6. The number of esters is 1. The van der Waals surface area contributed by atoms with Crippen LogP contribution in [-0.4, -0.2) is 68.5 Å². The number of ether oxygens (including phenoxy) is 2. The SMILES string of the molecule is CN(C)[C@H]1C[C@@]23CC[C@@]4(O2)C(=CC[C@]2(C)[C@@H](O[Si](C)(C)C(C)(C)C)CC[C@H]24)C=C3[C@@H](OC(=O)c2ccccc2)C1=O. The molecule has 2 spiro atoms. The van der Waals surface area contributed by atoms with Crippen molar-refractivity contribution in [1.82, 2.24) is 4.90 Å². The molecule has 1 aromatic rings. The first-order valence-corrected chi connectivity index (χ1v) is 18.3. The van der Waals surface area contributed by atoms with E-state index in [-0.39, 0.29) is 34.0 Å². The molecule has 222 valence electrons. The highest BCUT2D eigenvalue weighted by molar-refractivity contribution is 6.74. The maximum Gasteiger partial charge on any atom is 0.339 e. The maximum atomic E-state index is 13.9. The quantitative estimate of drug-likeness (QED) is 0.295. The fourth-order valence-electron chi connectivity index (χ4n) is 8.27. The molecule has 2 bridgehead atoms. The number of hydrogen-bond donors (Lipinski definition) is 0. The molecule has 1 saturated heterocycles. The molecule has 6 nitrogen and oxygen atoms in total. The average Bonchev–Trinajstić information content (AvgIpc) is 3.40. The Morgan fingerprint density at radius 3 is 2.46 bits per heavy atom. The Labute approximate surface area is 246 Å². The van der Waals surface area contributed by atoms with Crippen LogP contribution in [0.1, 0.15) is 76.6 Å². The molecule has 0 radical (unpaired) electrons. The summed E-state index contributed by atoms with van der Waals surface area (Å²) in [5, 5.41) is 0.161. The first kappa shape index (κ1) is 29.0. The van der Waals surface area contributed by atoms with Crippen molar-refractivity contribution in [3.63, 3.8) is 0 Å². The zero-order valence-corrected chi connectivity index (χ0v) is 27.1. The number of fused-ring (bicyclic) bond motifs is 1. The summed E-state index contributed by atoms with van der Waals surface area (Å²) in [7, 11) is 1.92. The van der Waals surface area contributed by atoms with Gasteiger partial charge in [-0.2, -0.15) is 0 Å². The number of allylic oxidation sites excluding steroid dienone is 1. The number of rotatable bonds is 5. The Kier molecular flexibility index (Phi) is 6.70. The predicted molar refractivity (Wildman–Crippen MR) is 162 cm³/mol. The number of likely N-dealkylation sites (N-methyl/N-ethyl adjacent to an activating group) is 1. The molecule has 1 aromatic carbocycles. The summed E-state index contributed by atoms with van der Waals surface area (Å²) in [5.41, 5.74) is 1.46. The normalized spacial score (nSPS) is 38.1. The molecule has 7 heteroatoms. The first-order valence-electron chi connectivity index (χ1n) is 15.4. The van der Waals surface area contributed by atoms with Gasteiger partial charge in [-0.15, -0.1) is 0 Å². The zero-order chi connectivity index (χ0) is 29.6. The highest BCUT2D eigenvalue weighted by Gasteiger charge is 2.69. The van der Waals surface area contributed by atoms with Crippen molar-refractivity contribution in [3.8, 4) is 0 Å². The summed E-state index contributed by atoms with van der Waals surface area (Å²) in [6, 6.07) is 8.57. The lowest BCUT2D eigenvalue weighted by Crippen LogP contribution is -2.61. The third kappa shape index (κ3) is 4.28. The fraction of sp³-hybridized carbons (Fsp3) is 0.647. The highest BCUT2D eigenvalue weighted by atomic mass is 28.4. The van der Waals surface area contributed by atoms with Crippen LogP contribution in [0.25, 0.3) is 0 Å². The van der Waals surface area contributed by atoms with E-state index >= 15 is 0 Å². The first-order chi connectivity index (χ1) is 19.1. The van der Waals surface area contributed by atoms with Gasteiger partial charge in [0.05, 0.1) is 28.9 Å². The van der Waals surface area contributed by atoms with Crippen LogP contribution in [0.15, 0.2) is 53.6 Å². The van der Waals surface area contributed by atoms with E-state index in [1.807, 2.05) is 37.2 Å².